The highest BCUT2D eigenvalue weighted by Crippen LogP contribution is 2.45. The van der Waals surface area contributed by atoms with Gasteiger partial charge in [0.2, 0.25) is 11.8 Å². The van der Waals surface area contributed by atoms with Crippen molar-refractivity contribution in [2.45, 2.75) is 44.6 Å². The highest BCUT2D eigenvalue weighted by molar-refractivity contribution is 7.07. The Bertz CT molecular complexity index is 505. The van der Waals surface area contributed by atoms with Gasteiger partial charge in [-0.1, -0.05) is 19.3 Å². The van der Waals surface area contributed by atoms with Crippen LogP contribution in [0.2, 0.25) is 0 Å². The van der Waals surface area contributed by atoms with Gasteiger partial charge in [0.15, 0.2) is 0 Å². The summed E-state index contributed by atoms with van der Waals surface area (Å²) in [6.07, 6.45) is 4.42. The van der Waals surface area contributed by atoms with Crippen LogP contribution in [0.5, 0.6) is 0 Å². The summed E-state index contributed by atoms with van der Waals surface area (Å²) in [4.78, 5) is 26.0. The predicted octanol–water partition coefficient (Wildman–Crippen LogP) is 2.49. The van der Waals surface area contributed by atoms with E-state index in [4.69, 9.17) is 0 Å². The Kier molecular flexibility index (Phi) is 3.65. The van der Waals surface area contributed by atoms with Crippen LogP contribution < -0.4 is 0 Å². The molecule has 0 bridgehead atoms. The molecule has 2 amide bonds. The van der Waals surface area contributed by atoms with Gasteiger partial charge in [-0.05, 0) is 35.2 Å². The molecule has 1 aromatic heterocycles. The van der Waals surface area contributed by atoms with Crippen LogP contribution in [-0.2, 0) is 9.59 Å². The molecule has 1 aliphatic heterocycles. The van der Waals surface area contributed by atoms with E-state index in [0.717, 1.165) is 37.7 Å². The zero-order valence-electron chi connectivity index (χ0n) is 11.4. The molecule has 0 aromatic carbocycles. The number of nitrogens with zero attached hydrogens (tertiary/aromatic N) is 1. The van der Waals surface area contributed by atoms with Gasteiger partial charge >= 0.3 is 0 Å². The molecule has 2 aliphatic rings. The summed E-state index contributed by atoms with van der Waals surface area (Å²) in [7, 11) is 0. The van der Waals surface area contributed by atoms with Gasteiger partial charge < -0.3 is 5.11 Å². The zero-order chi connectivity index (χ0) is 14.2. The molecule has 1 spiro atoms. The van der Waals surface area contributed by atoms with Crippen molar-refractivity contribution in [1.82, 2.24) is 4.90 Å². The Hall–Kier alpha value is -1.20. The lowest BCUT2D eigenvalue weighted by molar-refractivity contribution is -0.143. The van der Waals surface area contributed by atoms with E-state index in [-0.39, 0.29) is 18.4 Å². The Labute approximate surface area is 122 Å². The minimum atomic E-state index is -0.770. The van der Waals surface area contributed by atoms with Crippen LogP contribution in [0.15, 0.2) is 16.8 Å². The number of aliphatic hydroxyl groups excluding tert-OH is 1. The quantitative estimate of drug-likeness (QED) is 0.871. The van der Waals surface area contributed by atoms with Gasteiger partial charge in [-0.3, -0.25) is 14.5 Å². The number of β-amino-alcohol motifs (C(OH)–C–C–N with tert-alkyl or cyclic N) is 1. The van der Waals surface area contributed by atoms with Gasteiger partial charge in [0, 0.05) is 6.42 Å². The minimum Gasteiger partial charge on any atom is -0.387 e. The third-order valence-electron chi connectivity index (χ3n) is 4.58. The maximum absolute atomic E-state index is 12.6. The normalized spacial score (nSPS) is 23.6. The largest absolute Gasteiger partial charge is 0.387 e. The number of hydrogen-bond donors (Lipinski definition) is 1. The SMILES string of the molecule is O=C1CC2(CCCCC2)C(=O)N1CC(O)c1ccsc1. The van der Waals surface area contributed by atoms with E-state index < -0.39 is 11.5 Å². The second-order valence-corrected chi connectivity index (χ2v) is 6.68. The number of carbonyl (C=O) groups excluding carboxylic acids is 2. The van der Waals surface area contributed by atoms with Crippen LogP contribution in [0.3, 0.4) is 0 Å². The van der Waals surface area contributed by atoms with Gasteiger partial charge in [-0.25, -0.2) is 0 Å². The average Bonchev–Trinajstić information content (AvgIpc) is 3.04. The first-order valence-electron chi connectivity index (χ1n) is 7.17. The molecule has 2 fully saturated rings. The number of thiophene rings is 1. The van der Waals surface area contributed by atoms with Gasteiger partial charge in [0.05, 0.1) is 18.1 Å². The van der Waals surface area contributed by atoms with Crippen LogP contribution in [0.4, 0.5) is 0 Å². The van der Waals surface area contributed by atoms with Gasteiger partial charge in [-0.2, -0.15) is 11.3 Å². The van der Waals surface area contributed by atoms with Crippen molar-refractivity contribution in [2.75, 3.05) is 6.54 Å². The van der Waals surface area contributed by atoms with Crippen LogP contribution in [0.1, 0.15) is 50.2 Å². The van der Waals surface area contributed by atoms with Crippen molar-refractivity contribution in [1.29, 1.82) is 0 Å². The van der Waals surface area contributed by atoms with Crippen molar-refractivity contribution in [3.63, 3.8) is 0 Å². The lowest BCUT2D eigenvalue weighted by atomic mass is 9.73. The van der Waals surface area contributed by atoms with Crippen molar-refractivity contribution < 1.29 is 14.7 Å². The minimum absolute atomic E-state index is 0.0588. The van der Waals surface area contributed by atoms with E-state index in [9.17, 15) is 14.7 Å². The fraction of sp³-hybridized carbons (Fsp3) is 0.600. The maximum atomic E-state index is 12.6. The molecule has 5 heteroatoms. The highest BCUT2D eigenvalue weighted by atomic mass is 32.1. The van der Waals surface area contributed by atoms with Crippen molar-refractivity contribution in [3.8, 4) is 0 Å². The number of amides is 2. The summed E-state index contributed by atoms with van der Waals surface area (Å²) in [6.45, 7) is 0.0934. The summed E-state index contributed by atoms with van der Waals surface area (Å²) >= 11 is 1.50. The first kappa shape index (κ1) is 13.8. The lowest BCUT2D eigenvalue weighted by Gasteiger charge is -2.30. The van der Waals surface area contributed by atoms with Crippen LogP contribution in [0.25, 0.3) is 0 Å². The van der Waals surface area contributed by atoms with Crippen molar-refractivity contribution >= 4 is 23.2 Å². The Balaban J connectivity index is 1.74. The average molecular weight is 293 g/mol. The fourth-order valence-electron chi connectivity index (χ4n) is 3.41. The Morgan fingerprint density at radius 1 is 1.30 bits per heavy atom. The molecule has 1 N–H and O–H groups in total. The molecule has 4 nitrogen and oxygen atoms in total. The lowest BCUT2D eigenvalue weighted by Crippen LogP contribution is -2.39. The van der Waals surface area contributed by atoms with Crippen LogP contribution in [0, 0.1) is 5.41 Å². The molecule has 0 radical (unpaired) electrons. The molecular weight excluding hydrogens is 274 g/mol. The molecule has 1 atom stereocenters. The smallest absolute Gasteiger partial charge is 0.236 e. The summed E-state index contributed by atoms with van der Waals surface area (Å²) in [5.74, 6) is -0.178. The first-order chi connectivity index (χ1) is 9.62. The number of aliphatic hydroxyl groups is 1. The number of carbonyl (C=O) groups is 2. The monoisotopic (exact) mass is 293 g/mol. The van der Waals surface area contributed by atoms with Gasteiger partial charge in [0.1, 0.15) is 0 Å². The topological polar surface area (TPSA) is 57.6 Å². The molecule has 1 saturated carbocycles. The molecular formula is C15H19NO3S. The summed E-state index contributed by atoms with van der Waals surface area (Å²) in [5, 5.41) is 13.9. The number of rotatable bonds is 3. The molecule has 20 heavy (non-hydrogen) atoms. The van der Waals surface area contributed by atoms with Crippen LogP contribution in [-0.4, -0.2) is 28.4 Å². The summed E-state index contributed by atoms with van der Waals surface area (Å²) < 4.78 is 0. The Morgan fingerprint density at radius 2 is 2.05 bits per heavy atom. The van der Waals surface area contributed by atoms with E-state index in [1.165, 1.54) is 16.2 Å². The zero-order valence-corrected chi connectivity index (χ0v) is 12.2. The molecule has 1 saturated heterocycles. The molecule has 108 valence electrons. The van der Waals surface area contributed by atoms with Crippen molar-refractivity contribution in [3.05, 3.63) is 22.4 Å². The molecule has 1 aliphatic carbocycles. The van der Waals surface area contributed by atoms with E-state index in [1.54, 1.807) is 0 Å². The first-order valence-corrected chi connectivity index (χ1v) is 8.12. The molecule has 3 rings (SSSR count). The molecule has 2 heterocycles. The standard InChI is InChI=1S/C15H19NO3S/c17-12(11-4-7-20-10-11)9-16-13(18)8-15(14(16)19)5-2-1-3-6-15/h4,7,10,12,17H,1-3,5-6,8-9H2. The maximum Gasteiger partial charge on any atom is 0.236 e. The molecule has 1 aromatic rings. The highest BCUT2D eigenvalue weighted by Gasteiger charge is 2.51. The third kappa shape index (κ3) is 2.29. The number of hydrogen-bond acceptors (Lipinski definition) is 4. The van der Waals surface area contributed by atoms with Crippen LogP contribution >= 0.6 is 11.3 Å². The third-order valence-corrected chi connectivity index (χ3v) is 5.29. The van der Waals surface area contributed by atoms with E-state index in [2.05, 4.69) is 0 Å². The second-order valence-electron chi connectivity index (χ2n) is 5.90. The Morgan fingerprint density at radius 3 is 2.70 bits per heavy atom. The van der Waals surface area contributed by atoms with Gasteiger partial charge in [0.25, 0.3) is 0 Å². The van der Waals surface area contributed by atoms with E-state index in [1.807, 2.05) is 16.8 Å². The summed E-state index contributed by atoms with van der Waals surface area (Å²) in [5.41, 5.74) is 0.323. The van der Waals surface area contributed by atoms with Crippen molar-refractivity contribution in [2.24, 2.45) is 5.41 Å². The molecule has 1 unspecified atom stereocenters. The second kappa shape index (κ2) is 5.30. The van der Waals surface area contributed by atoms with E-state index in [0.29, 0.717) is 6.42 Å². The van der Waals surface area contributed by atoms with E-state index >= 15 is 0 Å². The number of likely N-dealkylation sites (tertiary alicyclic amines) is 1. The summed E-state index contributed by atoms with van der Waals surface area (Å²) in [6, 6.07) is 1.83. The number of imide groups is 1. The predicted molar refractivity (Wildman–Crippen MR) is 76.1 cm³/mol. The van der Waals surface area contributed by atoms with Gasteiger partial charge in [-0.15, -0.1) is 0 Å². The fourth-order valence-corrected chi connectivity index (χ4v) is 4.11.